The lowest BCUT2D eigenvalue weighted by molar-refractivity contribution is -0.120. The molecule has 1 atom stereocenters. The average molecular weight is 426 g/mol. The number of likely N-dealkylation sites (tertiary alicyclic amines) is 1. The minimum Gasteiger partial charge on any atom is -0.466 e. The van der Waals surface area contributed by atoms with Crippen molar-refractivity contribution in [1.29, 1.82) is 0 Å². The van der Waals surface area contributed by atoms with Crippen molar-refractivity contribution in [2.45, 2.75) is 44.0 Å². The lowest BCUT2D eigenvalue weighted by Crippen LogP contribution is -2.54. The van der Waals surface area contributed by atoms with Gasteiger partial charge in [0.05, 0.1) is 16.5 Å². The molecule has 0 bridgehead atoms. The number of hydrogen-bond donors (Lipinski definition) is 1. The second-order valence-corrected chi connectivity index (χ2v) is 9.89. The van der Waals surface area contributed by atoms with Gasteiger partial charge in [0.25, 0.3) is 5.91 Å². The molecule has 4 heterocycles. The third-order valence-electron chi connectivity index (χ3n) is 6.54. The van der Waals surface area contributed by atoms with Crippen LogP contribution in [0.5, 0.6) is 0 Å². The van der Waals surface area contributed by atoms with Crippen molar-refractivity contribution in [1.82, 2.24) is 10.2 Å². The molecule has 0 unspecified atom stereocenters. The minimum absolute atomic E-state index is 0.0449. The highest BCUT2D eigenvalue weighted by molar-refractivity contribution is 8.01. The zero-order valence-electron chi connectivity index (χ0n) is 17.4. The third kappa shape index (κ3) is 3.34. The summed E-state index contributed by atoms with van der Waals surface area (Å²) in [5, 5.41) is 3.64. The zero-order chi connectivity index (χ0) is 20.9. The van der Waals surface area contributed by atoms with E-state index >= 15 is 0 Å². The summed E-state index contributed by atoms with van der Waals surface area (Å²) >= 11 is 1.84. The number of hydrogen-bond acceptors (Lipinski definition) is 5. The first-order valence-corrected chi connectivity index (χ1v) is 11.6. The Morgan fingerprint density at radius 2 is 1.93 bits per heavy atom. The van der Waals surface area contributed by atoms with Gasteiger partial charge in [0, 0.05) is 31.1 Å². The molecule has 1 aromatic carbocycles. The summed E-state index contributed by atoms with van der Waals surface area (Å²) in [5.41, 5.74) is 2.97. The van der Waals surface area contributed by atoms with Crippen LogP contribution in [0.25, 0.3) is 0 Å². The summed E-state index contributed by atoms with van der Waals surface area (Å²) < 4.78 is 5.53. The van der Waals surface area contributed by atoms with Crippen molar-refractivity contribution in [3.63, 3.8) is 0 Å². The molecule has 0 aliphatic carbocycles. The Morgan fingerprint density at radius 3 is 2.67 bits per heavy atom. The molecular weight excluding hydrogens is 398 g/mol. The zero-order valence-corrected chi connectivity index (χ0v) is 18.3. The van der Waals surface area contributed by atoms with Gasteiger partial charge in [0.15, 0.2) is 0 Å². The van der Waals surface area contributed by atoms with E-state index in [1.165, 1.54) is 5.56 Å². The Kier molecular flexibility index (Phi) is 4.90. The summed E-state index contributed by atoms with van der Waals surface area (Å²) in [5.74, 6) is 2.45. The van der Waals surface area contributed by atoms with E-state index in [-0.39, 0.29) is 22.7 Å². The highest BCUT2D eigenvalue weighted by Gasteiger charge is 2.46. The Balaban J connectivity index is 1.22. The molecule has 5 rings (SSSR count). The predicted octanol–water partition coefficient (Wildman–Crippen LogP) is 3.12. The van der Waals surface area contributed by atoms with E-state index in [0.29, 0.717) is 24.4 Å². The highest BCUT2D eigenvalue weighted by atomic mass is 32.2. The first-order valence-electron chi connectivity index (χ1n) is 10.6. The van der Waals surface area contributed by atoms with E-state index < -0.39 is 0 Å². The monoisotopic (exact) mass is 425 g/mol. The molecule has 30 heavy (non-hydrogen) atoms. The SMILES string of the molecule is Cc1cc(C(=O)N2CCC3(CC2)N[C@H](C(=O)N2CCc4ccccc42)CS3)c(C)o1. The topological polar surface area (TPSA) is 65.8 Å². The van der Waals surface area contributed by atoms with Gasteiger partial charge in [-0.25, -0.2) is 0 Å². The molecular formula is C23H27N3O3S. The lowest BCUT2D eigenvalue weighted by Gasteiger charge is -2.39. The van der Waals surface area contributed by atoms with E-state index in [9.17, 15) is 9.59 Å². The number of carbonyl (C=O) groups is 2. The van der Waals surface area contributed by atoms with Gasteiger partial charge in [-0.05, 0) is 50.8 Å². The maximum atomic E-state index is 13.2. The molecule has 2 aromatic rings. The average Bonchev–Trinajstić information content (AvgIpc) is 3.45. The summed E-state index contributed by atoms with van der Waals surface area (Å²) in [6.07, 6.45) is 2.62. The normalized spacial score (nSPS) is 22.5. The van der Waals surface area contributed by atoms with Gasteiger partial charge in [0.1, 0.15) is 11.5 Å². The summed E-state index contributed by atoms with van der Waals surface area (Å²) in [7, 11) is 0. The third-order valence-corrected chi connectivity index (χ3v) is 8.12. The number of benzene rings is 1. The van der Waals surface area contributed by atoms with Crippen LogP contribution in [-0.2, 0) is 11.2 Å². The minimum atomic E-state index is -0.165. The van der Waals surface area contributed by atoms with Crippen LogP contribution in [0.2, 0.25) is 0 Å². The number of fused-ring (bicyclic) bond motifs is 1. The van der Waals surface area contributed by atoms with Gasteiger partial charge in [-0.1, -0.05) is 18.2 Å². The fourth-order valence-corrected chi connectivity index (χ4v) is 6.31. The summed E-state index contributed by atoms with van der Waals surface area (Å²) in [4.78, 5) is 29.8. The van der Waals surface area contributed by atoms with Gasteiger partial charge >= 0.3 is 0 Å². The molecule has 0 saturated carbocycles. The number of aryl methyl sites for hydroxylation is 2. The molecule has 7 heteroatoms. The second-order valence-electron chi connectivity index (χ2n) is 8.49. The predicted molar refractivity (Wildman–Crippen MR) is 118 cm³/mol. The number of para-hydroxylation sites is 1. The van der Waals surface area contributed by atoms with Gasteiger partial charge in [0.2, 0.25) is 5.91 Å². The number of thioether (sulfide) groups is 1. The van der Waals surface area contributed by atoms with Crippen molar-refractivity contribution >= 4 is 29.3 Å². The summed E-state index contributed by atoms with van der Waals surface area (Å²) in [6.45, 7) is 5.85. The van der Waals surface area contributed by atoms with Gasteiger partial charge < -0.3 is 14.2 Å². The molecule has 2 amide bonds. The molecule has 2 fully saturated rings. The lowest BCUT2D eigenvalue weighted by atomic mass is 10.0. The van der Waals surface area contributed by atoms with Crippen LogP contribution in [0.3, 0.4) is 0 Å². The van der Waals surface area contributed by atoms with E-state index in [4.69, 9.17) is 4.42 Å². The van der Waals surface area contributed by atoms with Crippen molar-refractivity contribution in [2.75, 3.05) is 30.3 Å². The van der Waals surface area contributed by atoms with E-state index in [2.05, 4.69) is 11.4 Å². The molecule has 158 valence electrons. The number of rotatable bonds is 2. The number of nitrogens with one attached hydrogen (secondary N) is 1. The first kappa shape index (κ1) is 19.7. The van der Waals surface area contributed by atoms with Crippen molar-refractivity contribution in [3.8, 4) is 0 Å². The van der Waals surface area contributed by atoms with Crippen LogP contribution in [0, 0.1) is 13.8 Å². The molecule has 0 radical (unpaired) electrons. The van der Waals surface area contributed by atoms with Gasteiger partial charge in [-0.15, -0.1) is 11.8 Å². The van der Waals surface area contributed by atoms with Crippen molar-refractivity contribution < 1.29 is 14.0 Å². The van der Waals surface area contributed by atoms with Crippen LogP contribution < -0.4 is 10.2 Å². The van der Waals surface area contributed by atoms with Crippen molar-refractivity contribution in [2.24, 2.45) is 0 Å². The van der Waals surface area contributed by atoms with Crippen molar-refractivity contribution in [3.05, 3.63) is 53.0 Å². The highest BCUT2D eigenvalue weighted by Crippen LogP contribution is 2.40. The largest absolute Gasteiger partial charge is 0.466 e. The molecule has 1 aromatic heterocycles. The fourth-order valence-electron chi connectivity index (χ4n) is 4.91. The second kappa shape index (κ2) is 7.46. The Hall–Kier alpha value is -2.25. The first-order chi connectivity index (χ1) is 14.5. The number of amides is 2. The quantitative estimate of drug-likeness (QED) is 0.801. The maximum Gasteiger partial charge on any atom is 0.257 e. The number of nitrogens with zero attached hydrogens (tertiary/aromatic N) is 2. The van der Waals surface area contributed by atoms with Gasteiger partial charge in [-0.3, -0.25) is 14.9 Å². The van der Waals surface area contributed by atoms with Crippen LogP contribution in [0.4, 0.5) is 5.69 Å². The van der Waals surface area contributed by atoms with E-state index in [1.54, 1.807) is 0 Å². The van der Waals surface area contributed by atoms with Gasteiger partial charge in [-0.2, -0.15) is 0 Å². The van der Waals surface area contributed by atoms with Crippen LogP contribution in [0.1, 0.15) is 40.3 Å². The Bertz CT molecular complexity index is 993. The van der Waals surface area contributed by atoms with Crippen LogP contribution in [-0.4, -0.2) is 53.0 Å². The van der Waals surface area contributed by atoms with Crippen LogP contribution in [0.15, 0.2) is 34.7 Å². The van der Waals surface area contributed by atoms with E-state index in [1.807, 2.05) is 59.7 Å². The molecule has 1 N–H and O–H groups in total. The number of anilines is 1. The number of furan rings is 1. The molecule has 6 nitrogen and oxygen atoms in total. The molecule has 3 aliphatic heterocycles. The number of carbonyl (C=O) groups excluding carboxylic acids is 2. The van der Waals surface area contributed by atoms with Crippen LogP contribution >= 0.6 is 11.8 Å². The molecule has 3 aliphatic rings. The molecule has 1 spiro atoms. The smallest absolute Gasteiger partial charge is 0.257 e. The molecule has 2 saturated heterocycles. The summed E-state index contributed by atoms with van der Waals surface area (Å²) in [6, 6.07) is 9.85. The number of piperidine rings is 1. The Morgan fingerprint density at radius 1 is 1.17 bits per heavy atom. The van der Waals surface area contributed by atoms with E-state index in [0.717, 1.165) is 43.0 Å². The maximum absolute atomic E-state index is 13.2. The fraction of sp³-hybridized carbons (Fsp3) is 0.478. The Labute approximate surface area is 181 Å². The standard InChI is InChI=1S/C23H27N3O3S/c1-15-13-18(16(2)29-15)21(27)25-11-8-23(9-12-25)24-19(14-30-23)22(28)26-10-7-17-5-3-4-6-20(17)26/h3-6,13,19,24H,7-12,14H2,1-2H3/t19-/m0/s1.